The number of benzene rings is 3. The molecule has 0 radical (unpaired) electrons. The molecule has 1 saturated heterocycles. The van der Waals surface area contributed by atoms with Gasteiger partial charge in [-0.05, 0) is 68.0 Å². The van der Waals surface area contributed by atoms with Crippen molar-refractivity contribution in [2.45, 2.75) is 82.5 Å². The molecule has 0 saturated carbocycles. The number of carbonyl (C=O) groups excluding carboxylic acids is 2. The lowest BCUT2D eigenvalue weighted by Crippen LogP contribution is -2.47. The lowest BCUT2D eigenvalue weighted by atomic mass is 9.97. The molecule has 1 fully saturated rings. The van der Waals surface area contributed by atoms with Crippen molar-refractivity contribution >= 4 is 12.0 Å². The third-order valence-electron chi connectivity index (χ3n) is 9.20. The summed E-state index contributed by atoms with van der Waals surface area (Å²) in [5.74, 6) is 0.483. The highest BCUT2D eigenvalue weighted by atomic mass is 16.6. The van der Waals surface area contributed by atoms with Crippen LogP contribution in [-0.4, -0.2) is 95.3 Å². The van der Waals surface area contributed by atoms with Crippen molar-refractivity contribution in [2.24, 2.45) is 5.73 Å². The van der Waals surface area contributed by atoms with Crippen molar-refractivity contribution < 1.29 is 34.0 Å². The molecule has 5 rings (SSSR count). The van der Waals surface area contributed by atoms with E-state index in [0.29, 0.717) is 13.0 Å². The summed E-state index contributed by atoms with van der Waals surface area (Å²) in [6.45, 7) is 10.2. The predicted molar refractivity (Wildman–Crippen MR) is 190 cm³/mol. The molecule has 2 amide bonds. The molecule has 1 aliphatic carbocycles. The maximum absolute atomic E-state index is 14.2. The number of amides is 2. The molecule has 0 bridgehead atoms. The SMILES string of the molecule is CC(C)(C)OC(=O)N[C@@H](Cc1ccccc1)[C@@H](O)CCC(=O)N(Cc1ccc(OCCN2CCOCC2)cc1)[C@H]1c2ccccc2[C@@H](N)[C@H]1O. The summed E-state index contributed by atoms with van der Waals surface area (Å²) in [5, 5.41) is 25.6. The van der Waals surface area contributed by atoms with Gasteiger partial charge in [0.1, 0.15) is 18.0 Å². The molecule has 0 aromatic heterocycles. The monoisotopic (exact) mass is 688 g/mol. The Balaban J connectivity index is 1.29. The van der Waals surface area contributed by atoms with E-state index in [1.807, 2.05) is 78.9 Å². The van der Waals surface area contributed by atoms with Gasteiger partial charge in [-0.25, -0.2) is 4.79 Å². The zero-order valence-electron chi connectivity index (χ0n) is 29.4. The topological polar surface area (TPSA) is 147 Å². The van der Waals surface area contributed by atoms with E-state index in [9.17, 15) is 19.8 Å². The second-order valence-electron chi connectivity index (χ2n) is 14.1. The van der Waals surface area contributed by atoms with E-state index in [0.717, 1.165) is 60.9 Å². The highest BCUT2D eigenvalue weighted by molar-refractivity contribution is 5.77. The fourth-order valence-electron chi connectivity index (χ4n) is 6.57. The van der Waals surface area contributed by atoms with Crippen LogP contribution in [0.3, 0.4) is 0 Å². The molecule has 1 heterocycles. The number of alkyl carbamates (subject to hydrolysis) is 1. The third kappa shape index (κ3) is 10.3. The van der Waals surface area contributed by atoms with E-state index in [1.165, 1.54) is 0 Å². The molecule has 11 nitrogen and oxygen atoms in total. The summed E-state index contributed by atoms with van der Waals surface area (Å²) in [6.07, 6.45) is -2.29. The average molecular weight is 689 g/mol. The van der Waals surface area contributed by atoms with E-state index >= 15 is 0 Å². The van der Waals surface area contributed by atoms with Gasteiger partial charge in [-0.15, -0.1) is 0 Å². The number of aliphatic hydroxyl groups is 2. The first-order chi connectivity index (χ1) is 24.0. The second-order valence-corrected chi connectivity index (χ2v) is 14.1. The van der Waals surface area contributed by atoms with Crippen molar-refractivity contribution in [1.82, 2.24) is 15.1 Å². The number of nitrogens with zero attached hydrogens (tertiary/aromatic N) is 2. The van der Waals surface area contributed by atoms with Gasteiger partial charge in [-0.2, -0.15) is 0 Å². The van der Waals surface area contributed by atoms with Gasteiger partial charge >= 0.3 is 6.09 Å². The third-order valence-corrected chi connectivity index (χ3v) is 9.20. The fraction of sp³-hybridized carbons (Fsp3) is 0.487. The molecule has 50 heavy (non-hydrogen) atoms. The van der Waals surface area contributed by atoms with Crippen LogP contribution < -0.4 is 15.8 Å². The normalized spacial score (nSPS) is 20.4. The van der Waals surface area contributed by atoms with E-state index < -0.39 is 42.0 Å². The number of fused-ring (bicyclic) bond motifs is 1. The van der Waals surface area contributed by atoms with E-state index in [2.05, 4.69) is 10.2 Å². The Bertz CT molecular complexity index is 1530. The first-order valence-electron chi connectivity index (χ1n) is 17.5. The number of nitrogens with one attached hydrogen (secondary N) is 1. The zero-order valence-corrected chi connectivity index (χ0v) is 29.4. The van der Waals surface area contributed by atoms with Crippen LogP contribution in [0.1, 0.15) is 68.0 Å². The largest absolute Gasteiger partial charge is 0.492 e. The molecular weight excluding hydrogens is 636 g/mol. The van der Waals surface area contributed by atoms with Crippen LogP contribution in [-0.2, 0) is 27.2 Å². The van der Waals surface area contributed by atoms with Gasteiger partial charge in [-0.3, -0.25) is 9.69 Å². The highest BCUT2D eigenvalue weighted by Gasteiger charge is 2.42. The summed E-state index contributed by atoms with van der Waals surface area (Å²) in [6, 6.07) is 22.7. The van der Waals surface area contributed by atoms with Crippen LogP contribution in [0, 0.1) is 0 Å². The number of carbonyl (C=O) groups is 2. The number of ether oxygens (including phenoxy) is 3. The van der Waals surface area contributed by atoms with E-state index in [-0.39, 0.29) is 25.3 Å². The first kappa shape index (κ1) is 37.3. The first-order valence-corrected chi connectivity index (χ1v) is 17.5. The molecule has 1 aliphatic heterocycles. The Morgan fingerprint density at radius 1 is 0.980 bits per heavy atom. The summed E-state index contributed by atoms with van der Waals surface area (Å²) in [7, 11) is 0. The van der Waals surface area contributed by atoms with Crippen molar-refractivity contribution in [3.63, 3.8) is 0 Å². The maximum atomic E-state index is 14.2. The maximum Gasteiger partial charge on any atom is 0.407 e. The zero-order chi connectivity index (χ0) is 35.7. The minimum atomic E-state index is -1.05. The Morgan fingerprint density at radius 2 is 1.64 bits per heavy atom. The summed E-state index contributed by atoms with van der Waals surface area (Å²) < 4.78 is 16.9. The van der Waals surface area contributed by atoms with Crippen LogP contribution in [0.4, 0.5) is 4.79 Å². The molecular formula is C39H52N4O7. The fourth-order valence-corrected chi connectivity index (χ4v) is 6.57. The molecule has 270 valence electrons. The van der Waals surface area contributed by atoms with Gasteiger partial charge in [0.2, 0.25) is 5.91 Å². The number of morpholine rings is 1. The smallest absolute Gasteiger partial charge is 0.407 e. The van der Waals surface area contributed by atoms with Gasteiger partial charge in [0.05, 0.1) is 43.5 Å². The summed E-state index contributed by atoms with van der Waals surface area (Å²) in [4.78, 5) is 30.9. The van der Waals surface area contributed by atoms with E-state index in [4.69, 9.17) is 19.9 Å². The van der Waals surface area contributed by atoms with Crippen molar-refractivity contribution in [2.75, 3.05) is 39.5 Å². The second kappa shape index (κ2) is 17.3. The van der Waals surface area contributed by atoms with Gasteiger partial charge in [0.15, 0.2) is 0 Å². The van der Waals surface area contributed by atoms with Gasteiger partial charge in [0, 0.05) is 32.6 Å². The average Bonchev–Trinajstić information content (AvgIpc) is 3.35. The number of rotatable bonds is 14. The van der Waals surface area contributed by atoms with Crippen molar-refractivity contribution in [3.8, 4) is 5.75 Å². The van der Waals surface area contributed by atoms with Crippen molar-refractivity contribution in [3.05, 3.63) is 101 Å². The van der Waals surface area contributed by atoms with Gasteiger partial charge < -0.3 is 40.4 Å². The quantitative estimate of drug-likeness (QED) is 0.197. The molecule has 3 aromatic rings. The summed E-state index contributed by atoms with van der Waals surface area (Å²) >= 11 is 0. The van der Waals surface area contributed by atoms with Crippen LogP contribution in [0.25, 0.3) is 0 Å². The predicted octanol–water partition coefficient (Wildman–Crippen LogP) is 4.12. The molecule has 3 aromatic carbocycles. The Hall–Kier alpha value is -4.00. The Labute approximate surface area is 295 Å². The highest BCUT2D eigenvalue weighted by Crippen LogP contribution is 2.42. The van der Waals surface area contributed by atoms with Crippen LogP contribution >= 0.6 is 0 Å². The number of hydrogen-bond donors (Lipinski definition) is 4. The Kier molecular flexibility index (Phi) is 12.9. The minimum absolute atomic E-state index is 0.0220. The van der Waals surface area contributed by atoms with Crippen LogP contribution in [0.15, 0.2) is 78.9 Å². The lowest BCUT2D eigenvalue weighted by Gasteiger charge is -2.33. The van der Waals surface area contributed by atoms with Crippen LogP contribution in [0.2, 0.25) is 0 Å². The summed E-state index contributed by atoms with van der Waals surface area (Å²) in [5.41, 5.74) is 9.13. The lowest BCUT2D eigenvalue weighted by molar-refractivity contribution is -0.138. The number of nitrogens with two attached hydrogens (primary N) is 1. The number of aliphatic hydroxyl groups excluding tert-OH is 2. The molecule has 2 aliphatic rings. The standard InChI is InChI=1S/C39H52N4O7/c1-39(2,3)50-38(47)41-32(25-27-9-5-4-6-10-27)33(44)17-18-34(45)43(36-31-12-8-7-11-30(31)35(40)37(36)46)26-28-13-15-29(16-14-28)49-24-21-42-19-22-48-23-20-42/h4-16,32-33,35-37,44,46H,17-26,40H2,1-3H3,(H,41,47)/t32-,33-,35+,36-,37+/m0/s1. The molecule has 0 unspecified atom stereocenters. The van der Waals surface area contributed by atoms with Crippen molar-refractivity contribution in [1.29, 1.82) is 0 Å². The Morgan fingerprint density at radius 3 is 2.32 bits per heavy atom. The molecule has 0 spiro atoms. The molecule has 11 heteroatoms. The van der Waals surface area contributed by atoms with Crippen LogP contribution in [0.5, 0.6) is 5.75 Å². The van der Waals surface area contributed by atoms with Gasteiger partial charge in [-0.1, -0.05) is 66.7 Å². The van der Waals surface area contributed by atoms with Gasteiger partial charge in [0.25, 0.3) is 0 Å². The number of hydrogen-bond acceptors (Lipinski definition) is 9. The minimum Gasteiger partial charge on any atom is -0.492 e. The molecule has 5 N–H and O–H groups in total. The van der Waals surface area contributed by atoms with E-state index in [1.54, 1.807) is 25.7 Å². The molecule has 5 atom stereocenters.